The van der Waals surface area contributed by atoms with Crippen LogP contribution in [0.15, 0.2) is 30.5 Å². The molecule has 0 saturated carbocycles. The number of nitrogens with zero attached hydrogens (tertiary/aromatic N) is 2. The van der Waals surface area contributed by atoms with Crippen molar-refractivity contribution in [2.45, 2.75) is 19.6 Å². The van der Waals surface area contributed by atoms with Gasteiger partial charge in [-0.15, -0.1) is 0 Å². The third kappa shape index (κ3) is 3.94. The number of aryl methyl sites for hydroxylation is 1. The van der Waals surface area contributed by atoms with Crippen LogP contribution in [0.25, 0.3) is 0 Å². The molecular formula is C14H11ClF3N3O. The van der Waals surface area contributed by atoms with Gasteiger partial charge in [0.05, 0.1) is 17.5 Å². The minimum Gasteiger partial charge on any atom is -0.347 e. The molecule has 0 unspecified atom stereocenters. The molecule has 22 heavy (non-hydrogen) atoms. The molecule has 0 saturated heterocycles. The van der Waals surface area contributed by atoms with E-state index in [1.54, 1.807) is 6.92 Å². The number of carbonyl (C=O) groups excluding carboxylic acids is 1. The number of halogens is 4. The van der Waals surface area contributed by atoms with Crippen LogP contribution in [0.5, 0.6) is 0 Å². The largest absolute Gasteiger partial charge is 0.416 e. The number of rotatable bonds is 3. The van der Waals surface area contributed by atoms with E-state index in [2.05, 4.69) is 15.3 Å². The van der Waals surface area contributed by atoms with Crippen LogP contribution >= 0.6 is 11.6 Å². The summed E-state index contributed by atoms with van der Waals surface area (Å²) in [4.78, 5) is 19.6. The second-order valence-electron chi connectivity index (χ2n) is 4.51. The number of benzene rings is 1. The maximum atomic E-state index is 12.6. The molecule has 1 amide bonds. The van der Waals surface area contributed by atoms with E-state index in [-0.39, 0.29) is 17.4 Å². The Morgan fingerprint density at radius 3 is 2.73 bits per heavy atom. The van der Waals surface area contributed by atoms with Crippen molar-refractivity contribution < 1.29 is 18.0 Å². The van der Waals surface area contributed by atoms with Crippen molar-refractivity contribution in [3.8, 4) is 0 Å². The molecule has 0 fully saturated rings. The summed E-state index contributed by atoms with van der Waals surface area (Å²) < 4.78 is 37.8. The average molecular weight is 330 g/mol. The molecular weight excluding hydrogens is 319 g/mol. The molecule has 0 atom stereocenters. The molecule has 1 N–H and O–H groups in total. The van der Waals surface area contributed by atoms with Gasteiger partial charge in [0.1, 0.15) is 10.8 Å². The first-order chi connectivity index (χ1) is 10.3. The lowest BCUT2D eigenvalue weighted by atomic mass is 10.1. The Morgan fingerprint density at radius 1 is 1.36 bits per heavy atom. The number of nitrogens with one attached hydrogen (secondary N) is 1. The van der Waals surface area contributed by atoms with E-state index in [0.717, 1.165) is 12.1 Å². The summed E-state index contributed by atoms with van der Waals surface area (Å²) in [5.74, 6) is -0.537. The van der Waals surface area contributed by atoms with Gasteiger partial charge in [-0.05, 0) is 24.6 Å². The third-order valence-electron chi connectivity index (χ3n) is 2.83. The van der Waals surface area contributed by atoms with Gasteiger partial charge in [0.25, 0.3) is 5.91 Å². The minimum absolute atomic E-state index is 0.0495. The first-order valence-electron chi connectivity index (χ1n) is 6.21. The molecule has 8 heteroatoms. The first-order valence-corrected chi connectivity index (χ1v) is 6.58. The van der Waals surface area contributed by atoms with Crippen LogP contribution in [-0.2, 0) is 12.7 Å². The van der Waals surface area contributed by atoms with Crippen molar-refractivity contribution in [2.24, 2.45) is 0 Å². The molecule has 0 aliphatic rings. The van der Waals surface area contributed by atoms with Crippen LogP contribution in [0, 0.1) is 6.92 Å². The third-order valence-corrected chi connectivity index (χ3v) is 3.20. The lowest BCUT2D eigenvalue weighted by molar-refractivity contribution is -0.137. The molecule has 0 bridgehead atoms. The number of amides is 1. The number of hydrogen-bond donors (Lipinski definition) is 1. The predicted molar refractivity (Wildman–Crippen MR) is 74.4 cm³/mol. The summed E-state index contributed by atoms with van der Waals surface area (Å²) >= 11 is 5.71. The standard InChI is InChI=1S/C14H11ClF3N3O/c1-8-12(15)19-7-11(21-8)13(22)20-6-9-3-2-4-10(5-9)14(16,17)18/h2-5,7H,6H2,1H3,(H,20,22). The van der Waals surface area contributed by atoms with Crippen LogP contribution in [0.2, 0.25) is 5.15 Å². The van der Waals surface area contributed by atoms with E-state index in [1.165, 1.54) is 18.3 Å². The number of carbonyl (C=O) groups is 1. The zero-order valence-corrected chi connectivity index (χ0v) is 12.2. The van der Waals surface area contributed by atoms with Gasteiger partial charge in [0.15, 0.2) is 0 Å². The Morgan fingerprint density at radius 2 is 2.09 bits per heavy atom. The topological polar surface area (TPSA) is 54.9 Å². The van der Waals surface area contributed by atoms with E-state index in [0.29, 0.717) is 11.3 Å². The molecule has 1 heterocycles. The quantitative estimate of drug-likeness (QED) is 0.939. The van der Waals surface area contributed by atoms with Gasteiger partial charge >= 0.3 is 6.18 Å². The molecule has 0 spiro atoms. The fraction of sp³-hybridized carbons (Fsp3) is 0.214. The maximum Gasteiger partial charge on any atom is 0.416 e. The van der Waals surface area contributed by atoms with Crippen LogP contribution in [-0.4, -0.2) is 15.9 Å². The van der Waals surface area contributed by atoms with Gasteiger partial charge in [-0.2, -0.15) is 13.2 Å². The number of alkyl halides is 3. The molecule has 116 valence electrons. The Hall–Kier alpha value is -2.15. The van der Waals surface area contributed by atoms with Gasteiger partial charge in [-0.25, -0.2) is 9.97 Å². The minimum atomic E-state index is -4.42. The molecule has 0 aliphatic heterocycles. The highest BCUT2D eigenvalue weighted by Gasteiger charge is 2.30. The van der Waals surface area contributed by atoms with Crippen molar-refractivity contribution >= 4 is 17.5 Å². The Labute approximate surface area is 129 Å². The first kappa shape index (κ1) is 16.2. The zero-order chi connectivity index (χ0) is 16.3. The van der Waals surface area contributed by atoms with Crippen LogP contribution in [0.1, 0.15) is 27.3 Å². The van der Waals surface area contributed by atoms with Crippen LogP contribution in [0.4, 0.5) is 13.2 Å². The molecule has 0 radical (unpaired) electrons. The molecule has 1 aromatic carbocycles. The van der Waals surface area contributed by atoms with Gasteiger partial charge in [0.2, 0.25) is 0 Å². The maximum absolute atomic E-state index is 12.6. The van der Waals surface area contributed by atoms with Crippen molar-refractivity contribution in [3.05, 3.63) is 58.1 Å². The van der Waals surface area contributed by atoms with E-state index in [1.807, 2.05) is 0 Å². The van der Waals surface area contributed by atoms with Crippen molar-refractivity contribution in [2.75, 3.05) is 0 Å². The summed E-state index contributed by atoms with van der Waals surface area (Å²) in [6.07, 6.45) is -3.21. The molecule has 0 aliphatic carbocycles. The zero-order valence-electron chi connectivity index (χ0n) is 11.4. The SMILES string of the molecule is Cc1nc(C(=O)NCc2cccc(C(F)(F)F)c2)cnc1Cl. The van der Waals surface area contributed by atoms with Crippen LogP contribution in [0.3, 0.4) is 0 Å². The smallest absolute Gasteiger partial charge is 0.347 e. The fourth-order valence-corrected chi connectivity index (χ4v) is 1.80. The summed E-state index contributed by atoms with van der Waals surface area (Å²) in [5.41, 5.74) is 0.0189. The van der Waals surface area contributed by atoms with Crippen molar-refractivity contribution in [1.82, 2.24) is 15.3 Å². The number of hydrogen-bond acceptors (Lipinski definition) is 3. The average Bonchev–Trinajstić information content (AvgIpc) is 2.47. The van der Waals surface area contributed by atoms with Gasteiger partial charge in [-0.1, -0.05) is 23.7 Å². The van der Waals surface area contributed by atoms with Gasteiger partial charge in [-0.3, -0.25) is 4.79 Å². The van der Waals surface area contributed by atoms with Gasteiger partial charge in [0, 0.05) is 6.54 Å². The second-order valence-corrected chi connectivity index (χ2v) is 4.87. The van der Waals surface area contributed by atoms with Gasteiger partial charge < -0.3 is 5.32 Å². The van der Waals surface area contributed by atoms with Crippen molar-refractivity contribution in [3.63, 3.8) is 0 Å². The fourth-order valence-electron chi connectivity index (χ4n) is 1.71. The van der Waals surface area contributed by atoms with Crippen molar-refractivity contribution in [1.29, 1.82) is 0 Å². The predicted octanol–water partition coefficient (Wildman–Crippen LogP) is 3.39. The molecule has 2 rings (SSSR count). The monoisotopic (exact) mass is 329 g/mol. The lowest BCUT2D eigenvalue weighted by Crippen LogP contribution is -2.24. The molecule has 2 aromatic rings. The Balaban J connectivity index is 2.06. The summed E-state index contributed by atoms with van der Waals surface area (Å²) in [6, 6.07) is 4.74. The summed E-state index contributed by atoms with van der Waals surface area (Å²) in [5, 5.41) is 2.68. The second kappa shape index (κ2) is 6.31. The highest BCUT2D eigenvalue weighted by Crippen LogP contribution is 2.29. The highest BCUT2D eigenvalue weighted by atomic mass is 35.5. The van der Waals surface area contributed by atoms with E-state index < -0.39 is 17.6 Å². The van der Waals surface area contributed by atoms with E-state index >= 15 is 0 Å². The normalized spacial score (nSPS) is 11.3. The van der Waals surface area contributed by atoms with E-state index in [9.17, 15) is 18.0 Å². The molecule has 4 nitrogen and oxygen atoms in total. The summed E-state index contributed by atoms with van der Waals surface area (Å²) in [7, 11) is 0. The van der Waals surface area contributed by atoms with Crippen LogP contribution < -0.4 is 5.32 Å². The lowest BCUT2D eigenvalue weighted by Gasteiger charge is -2.09. The number of aromatic nitrogens is 2. The summed E-state index contributed by atoms with van der Waals surface area (Å²) in [6.45, 7) is 1.55. The Bertz CT molecular complexity index is 704. The van der Waals surface area contributed by atoms with E-state index in [4.69, 9.17) is 11.6 Å². The highest BCUT2D eigenvalue weighted by molar-refractivity contribution is 6.30. The Kier molecular flexibility index (Phi) is 4.65. The molecule has 1 aromatic heterocycles.